The zero-order valence-corrected chi connectivity index (χ0v) is 24.1. The first-order chi connectivity index (χ1) is 17.5. The number of carboxylic acid groups (broad SMARTS) is 1. The van der Waals surface area contributed by atoms with E-state index < -0.39 is 5.97 Å². The topological polar surface area (TPSA) is 89.9 Å². The number of methoxy groups -OCH3 is 1. The molecule has 0 aromatic heterocycles. The molecular formula is C31H52O6. The van der Waals surface area contributed by atoms with Crippen LogP contribution in [0, 0.1) is 0 Å². The number of ether oxygens (including phenoxy) is 2. The van der Waals surface area contributed by atoms with Crippen LogP contribution in [0.5, 0.6) is 0 Å². The van der Waals surface area contributed by atoms with Gasteiger partial charge in [-0.15, -0.1) is 0 Å². The van der Waals surface area contributed by atoms with Gasteiger partial charge in [0.2, 0.25) is 0 Å². The van der Waals surface area contributed by atoms with Gasteiger partial charge in [0.25, 0.3) is 0 Å². The van der Waals surface area contributed by atoms with E-state index in [0.29, 0.717) is 17.8 Å². The van der Waals surface area contributed by atoms with Crippen molar-refractivity contribution in [1.29, 1.82) is 0 Å². The summed E-state index contributed by atoms with van der Waals surface area (Å²) >= 11 is 0. The first kappa shape index (κ1) is 38.6. The summed E-state index contributed by atoms with van der Waals surface area (Å²) in [6.07, 6.45) is 23.9. The summed E-state index contributed by atoms with van der Waals surface area (Å²) in [4.78, 5) is 31.0. The van der Waals surface area contributed by atoms with E-state index in [1.54, 1.807) is 13.8 Å². The summed E-state index contributed by atoms with van der Waals surface area (Å²) in [5.41, 5.74) is 1.09. The molecule has 1 N–H and O–H groups in total. The standard InChI is InChI=1S/C22H38O2.C5H8O2.C4H6O2/c1-4-5-6-7-8-9-10-11-12-13-14-15-16-17-18-19-20-24-22(23)21(2)3;1-4(2)5(6)7-3;1-3(2)4(5)6/h8-9,11-12H,2,4-7,10,13-20H2,1,3H3;1H2,2-3H3;1H2,2H3,(H,5,6)/b9-8-,12-11-;;. The quantitative estimate of drug-likeness (QED) is 0.0846. The highest BCUT2D eigenvalue weighted by Crippen LogP contribution is 2.08. The van der Waals surface area contributed by atoms with E-state index in [2.05, 4.69) is 55.7 Å². The third-order valence-corrected chi connectivity index (χ3v) is 4.83. The number of allylic oxidation sites excluding steroid dienone is 4. The number of esters is 2. The number of rotatable bonds is 18. The third kappa shape index (κ3) is 35.3. The minimum Gasteiger partial charge on any atom is -0.478 e. The number of hydrogen-bond donors (Lipinski definition) is 1. The predicted octanol–water partition coefficient (Wildman–Crippen LogP) is 8.30. The second-order valence-electron chi connectivity index (χ2n) is 8.86. The fourth-order valence-electron chi connectivity index (χ4n) is 2.55. The molecule has 0 amide bonds. The monoisotopic (exact) mass is 520 g/mol. The van der Waals surface area contributed by atoms with Gasteiger partial charge < -0.3 is 14.6 Å². The Morgan fingerprint density at radius 2 is 1.11 bits per heavy atom. The summed E-state index contributed by atoms with van der Waals surface area (Å²) in [5.74, 6) is -1.55. The number of carbonyl (C=O) groups excluding carboxylic acids is 2. The summed E-state index contributed by atoms with van der Waals surface area (Å²) in [5, 5.41) is 7.89. The molecule has 212 valence electrons. The largest absolute Gasteiger partial charge is 0.478 e. The Balaban J connectivity index is -0.000000724. The van der Waals surface area contributed by atoms with E-state index in [9.17, 15) is 14.4 Å². The molecule has 0 bridgehead atoms. The zero-order valence-electron chi connectivity index (χ0n) is 24.1. The molecule has 0 atom stereocenters. The predicted molar refractivity (Wildman–Crippen MR) is 154 cm³/mol. The second kappa shape index (κ2) is 29.3. The van der Waals surface area contributed by atoms with Gasteiger partial charge in [0.15, 0.2) is 0 Å². The smallest absolute Gasteiger partial charge is 0.333 e. The Labute approximate surface area is 226 Å². The maximum atomic E-state index is 11.2. The molecule has 0 saturated carbocycles. The highest BCUT2D eigenvalue weighted by atomic mass is 16.5. The number of aliphatic carboxylic acids is 1. The fraction of sp³-hybridized carbons (Fsp3) is 0.581. The molecule has 6 nitrogen and oxygen atoms in total. The van der Waals surface area contributed by atoms with Gasteiger partial charge in [0.1, 0.15) is 0 Å². The minimum atomic E-state index is -0.935. The molecule has 37 heavy (non-hydrogen) atoms. The van der Waals surface area contributed by atoms with Gasteiger partial charge in [0.05, 0.1) is 13.7 Å². The number of hydrogen-bond acceptors (Lipinski definition) is 5. The molecule has 0 fully saturated rings. The molecule has 0 aromatic rings. The zero-order chi connectivity index (χ0) is 28.9. The third-order valence-electron chi connectivity index (χ3n) is 4.83. The van der Waals surface area contributed by atoms with Gasteiger partial charge in [-0.25, -0.2) is 14.4 Å². The lowest BCUT2D eigenvalue weighted by atomic mass is 10.1. The fourth-order valence-corrected chi connectivity index (χ4v) is 2.55. The molecule has 0 aliphatic heterocycles. The number of unbranched alkanes of at least 4 members (excludes halogenated alkanes) is 9. The van der Waals surface area contributed by atoms with Crippen LogP contribution < -0.4 is 0 Å². The molecule has 0 radical (unpaired) electrons. The van der Waals surface area contributed by atoms with Crippen LogP contribution in [0.4, 0.5) is 0 Å². The van der Waals surface area contributed by atoms with Crippen molar-refractivity contribution < 1.29 is 29.0 Å². The number of carbonyl (C=O) groups is 3. The van der Waals surface area contributed by atoms with Crippen molar-refractivity contribution in [3.05, 3.63) is 60.8 Å². The van der Waals surface area contributed by atoms with Crippen LogP contribution in [-0.4, -0.2) is 36.7 Å². The Morgan fingerprint density at radius 1 is 0.676 bits per heavy atom. The van der Waals surface area contributed by atoms with Crippen molar-refractivity contribution in [3.8, 4) is 0 Å². The molecule has 6 heteroatoms. The molecule has 0 aliphatic carbocycles. The lowest BCUT2D eigenvalue weighted by Gasteiger charge is -2.04. The van der Waals surface area contributed by atoms with Crippen molar-refractivity contribution in [2.24, 2.45) is 0 Å². The van der Waals surface area contributed by atoms with Crippen molar-refractivity contribution in [2.45, 2.75) is 105 Å². The first-order valence-electron chi connectivity index (χ1n) is 13.3. The van der Waals surface area contributed by atoms with Gasteiger partial charge in [0, 0.05) is 16.7 Å². The highest BCUT2D eigenvalue weighted by molar-refractivity contribution is 5.87. The van der Waals surface area contributed by atoms with Crippen LogP contribution in [0.3, 0.4) is 0 Å². The molecule has 0 spiro atoms. The molecule has 0 saturated heterocycles. The average molecular weight is 521 g/mol. The van der Waals surface area contributed by atoms with E-state index in [1.807, 2.05) is 0 Å². The maximum absolute atomic E-state index is 11.2. The van der Waals surface area contributed by atoms with E-state index in [1.165, 1.54) is 71.8 Å². The molecule has 0 heterocycles. The van der Waals surface area contributed by atoms with E-state index in [4.69, 9.17) is 9.84 Å². The molecule has 0 aliphatic rings. The van der Waals surface area contributed by atoms with Crippen LogP contribution in [0.25, 0.3) is 0 Å². The van der Waals surface area contributed by atoms with Crippen molar-refractivity contribution in [1.82, 2.24) is 0 Å². The molecule has 0 rings (SSSR count). The van der Waals surface area contributed by atoms with Crippen LogP contribution in [0.15, 0.2) is 60.8 Å². The van der Waals surface area contributed by atoms with E-state index >= 15 is 0 Å². The van der Waals surface area contributed by atoms with Crippen LogP contribution in [0.2, 0.25) is 0 Å². The second-order valence-corrected chi connectivity index (χ2v) is 8.86. The first-order valence-corrected chi connectivity index (χ1v) is 13.3. The molecular weight excluding hydrogens is 468 g/mol. The lowest BCUT2D eigenvalue weighted by Crippen LogP contribution is -2.05. The Bertz CT molecular complexity index is 703. The summed E-state index contributed by atoms with van der Waals surface area (Å²) in [7, 11) is 1.33. The number of carboxylic acids is 1. The van der Waals surface area contributed by atoms with Gasteiger partial charge in [-0.1, -0.05) is 89.5 Å². The Kier molecular flexibility index (Phi) is 30.6. The lowest BCUT2D eigenvalue weighted by molar-refractivity contribution is -0.139. The summed E-state index contributed by atoms with van der Waals surface area (Å²) < 4.78 is 9.34. The van der Waals surface area contributed by atoms with Gasteiger partial charge in [-0.05, 0) is 59.3 Å². The average Bonchev–Trinajstić information content (AvgIpc) is 2.85. The maximum Gasteiger partial charge on any atom is 0.333 e. The van der Waals surface area contributed by atoms with Gasteiger partial charge >= 0.3 is 17.9 Å². The van der Waals surface area contributed by atoms with Crippen LogP contribution in [-0.2, 0) is 23.9 Å². The van der Waals surface area contributed by atoms with Crippen LogP contribution >= 0.6 is 0 Å². The van der Waals surface area contributed by atoms with Crippen molar-refractivity contribution in [3.63, 3.8) is 0 Å². The highest BCUT2D eigenvalue weighted by Gasteiger charge is 2.01. The van der Waals surface area contributed by atoms with Gasteiger partial charge in [-0.2, -0.15) is 0 Å². The van der Waals surface area contributed by atoms with E-state index in [-0.39, 0.29) is 17.5 Å². The molecule has 0 unspecified atom stereocenters. The normalized spacial score (nSPS) is 10.1. The van der Waals surface area contributed by atoms with Crippen molar-refractivity contribution in [2.75, 3.05) is 13.7 Å². The Hall–Kier alpha value is -2.89. The molecule has 0 aromatic carbocycles. The van der Waals surface area contributed by atoms with Gasteiger partial charge in [-0.3, -0.25) is 0 Å². The SMILES string of the molecule is C=C(C)C(=O)O.C=C(C)C(=O)OC.C=C(C)C(=O)OCCCCCCCC/C=C\C/C=C\CCCCC. The van der Waals surface area contributed by atoms with E-state index in [0.717, 1.165) is 19.3 Å². The summed E-state index contributed by atoms with van der Waals surface area (Å²) in [6, 6.07) is 0. The van der Waals surface area contributed by atoms with Crippen molar-refractivity contribution >= 4 is 17.9 Å². The minimum absolute atomic E-state index is 0.176. The van der Waals surface area contributed by atoms with Crippen LogP contribution in [0.1, 0.15) is 105 Å². The summed E-state index contributed by atoms with van der Waals surface area (Å²) in [6.45, 7) is 17.6. The Morgan fingerprint density at radius 3 is 1.49 bits per heavy atom.